The van der Waals surface area contributed by atoms with Crippen LogP contribution in [0.25, 0.3) is 11.1 Å². The molecule has 0 radical (unpaired) electrons. The van der Waals surface area contributed by atoms with Crippen molar-refractivity contribution in [2.75, 3.05) is 16.6 Å². The maximum atomic E-state index is 13.0. The molecule has 1 aromatic carbocycles. The predicted octanol–water partition coefficient (Wildman–Crippen LogP) is 4.52. The van der Waals surface area contributed by atoms with Crippen LogP contribution in [0.1, 0.15) is 37.8 Å². The smallest absolute Gasteiger partial charge is 0.422 e. The van der Waals surface area contributed by atoms with Gasteiger partial charge in [-0.3, -0.25) is 14.5 Å². The number of halogens is 3. The van der Waals surface area contributed by atoms with Crippen molar-refractivity contribution in [1.29, 1.82) is 0 Å². The lowest BCUT2D eigenvalue weighted by Crippen LogP contribution is -2.23. The third-order valence-electron chi connectivity index (χ3n) is 5.56. The molecule has 4 rings (SSSR count). The summed E-state index contributed by atoms with van der Waals surface area (Å²) in [5, 5.41) is 2.38. The molecule has 0 bridgehead atoms. The van der Waals surface area contributed by atoms with Gasteiger partial charge in [0.1, 0.15) is 5.75 Å². The van der Waals surface area contributed by atoms with E-state index in [4.69, 9.17) is 4.74 Å². The monoisotopic (exact) mass is 535 g/mol. The van der Waals surface area contributed by atoms with Crippen LogP contribution in [0.2, 0.25) is 0 Å². The molecule has 2 aromatic heterocycles. The molecule has 1 aliphatic carbocycles. The highest BCUT2D eigenvalue weighted by Gasteiger charge is 2.36. The summed E-state index contributed by atoms with van der Waals surface area (Å²) in [6.45, 7) is 0.395. The number of alkyl halides is 3. The van der Waals surface area contributed by atoms with Gasteiger partial charge in [0, 0.05) is 23.6 Å². The number of amides is 1. The van der Waals surface area contributed by atoms with E-state index in [0.29, 0.717) is 41.8 Å². The molecule has 37 heavy (non-hydrogen) atoms. The number of rotatable bonds is 10. The lowest BCUT2D eigenvalue weighted by molar-refractivity contribution is -0.153. The summed E-state index contributed by atoms with van der Waals surface area (Å²) in [6.07, 6.45) is 1.24. The summed E-state index contributed by atoms with van der Waals surface area (Å²) in [6, 6.07) is 9.69. The Kier molecular flexibility index (Phi) is 7.62. The standard InChI is InChI=1S/C24H24F3N5O4S/c1-2-20(21-9-10-29-23(31-21)32-37(34,35)19-7-8-19)22(33)30-17-5-3-15(4-6-17)16-11-18(13-28-12-16)36-14-24(25,26)27/h3-6,9-13,19-20H,2,7-8,14H2,1H3,(H,30,33)(H,29,31,32). The van der Waals surface area contributed by atoms with Crippen LogP contribution in [0, 0.1) is 0 Å². The van der Waals surface area contributed by atoms with Gasteiger partial charge in [-0.05, 0) is 49.1 Å². The minimum atomic E-state index is -4.45. The number of carbonyl (C=O) groups is 1. The number of nitrogens with zero attached hydrogens (tertiary/aromatic N) is 3. The number of hydrogen-bond donors (Lipinski definition) is 2. The lowest BCUT2D eigenvalue weighted by Gasteiger charge is -2.16. The molecule has 0 spiro atoms. The molecule has 13 heteroatoms. The summed E-state index contributed by atoms with van der Waals surface area (Å²) in [7, 11) is -3.54. The van der Waals surface area contributed by atoms with Crippen LogP contribution in [0.5, 0.6) is 5.75 Å². The summed E-state index contributed by atoms with van der Waals surface area (Å²) in [5.41, 5.74) is 2.08. The van der Waals surface area contributed by atoms with Crippen molar-refractivity contribution in [3.63, 3.8) is 0 Å². The van der Waals surface area contributed by atoms with Crippen LogP contribution in [0.3, 0.4) is 0 Å². The van der Waals surface area contributed by atoms with Crippen LogP contribution in [-0.4, -0.2) is 47.3 Å². The van der Waals surface area contributed by atoms with E-state index in [9.17, 15) is 26.4 Å². The number of ether oxygens (including phenoxy) is 1. The minimum Gasteiger partial charge on any atom is -0.482 e. The van der Waals surface area contributed by atoms with Gasteiger partial charge < -0.3 is 10.1 Å². The number of sulfonamides is 1. The molecule has 0 saturated heterocycles. The summed E-state index contributed by atoms with van der Waals surface area (Å²) < 4.78 is 68.7. The summed E-state index contributed by atoms with van der Waals surface area (Å²) in [5.74, 6) is -1.08. The fraction of sp³-hybridized carbons (Fsp3) is 0.333. The van der Waals surface area contributed by atoms with Crippen LogP contribution >= 0.6 is 0 Å². The Hall–Kier alpha value is -3.74. The van der Waals surface area contributed by atoms with E-state index in [1.165, 1.54) is 24.7 Å². The van der Waals surface area contributed by atoms with Gasteiger partial charge in [-0.15, -0.1) is 0 Å². The Morgan fingerprint density at radius 1 is 1.14 bits per heavy atom. The molecular weight excluding hydrogens is 511 g/mol. The van der Waals surface area contributed by atoms with Crippen molar-refractivity contribution in [1.82, 2.24) is 15.0 Å². The molecule has 196 valence electrons. The molecule has 1 fully saturated rings. The van der Waals surface area contributed by atoms with Crippen molar-refractivity contribution in [2.45, 2.75) is 43.5 Å². The first-order valence-electron chi connectivity index (χ1n) is 11.4. The maximum Gasteiger partial charge on any atom is 0.422 e. The Bertz CT molecular complexity index is 1360. The van der Waals surface area contributed by atoms with Crippen LogP contribution in [-0.2, 0) is 14.8 Å². The fourth-order valence-electron chi connectivity index (χ4n) is 3.53. The van der Waals surface area contributed by atoms with Crippen molar-refractivity contribution in [3.05, 3.63) is 60.7 Å². The number of hydrogen-bond acceptors (Lipinski definition) is 7. The van der Waals surface area contributed by atoms with Gasteiger partial charge in [0.15, 0.2) is 6.61 Å². The second kappa shape index (κ2) is 10.7. The molecule has 0 aliphatic heterocycles. The molecule has 2 N–H and O–H groups in total. The van der Waals surface area contributed by atoms with E-state index < -0.39 is 34.0 Å². The zero-order valence-electron chi connectivity index (χ0n) is 19.7. The molecule has 1 unspecified atom stereocenters. The Morgan fingerprint density at radius 3 is 2.51 bits per heavy atom. The van der Waals surface area contributed by atoms with Crippen molar-refractivity contribution >= 4 is 27.6 Å². The first kappa shape index (κ1) is 26.3. The maximum absolute atomic E-state index is 13.0. The molecule has 1 aliphatic rings. The van der Waals surface area contributed by atoms with Gasteiger partial charge in [-0.1, -0.05) is 19.1 Å². The molecule has 9 nitrogen and oxygen atoms in total. The molecule has 1 saturated carbocycles. The number of aromatic nitrogens is 3. The highest BCUT2D eigenvalue weighted by atomic mass is 32.2. The first-order chi connectivity index (χ1) is 17.5. The second-order valence-corrected chi connectivity index (χ2v) is 10.5. The Balaban J connectivity index is 1.42. The van der Waals surface area contributed by atoms with Gasteiger partial charge in [0.25, 0.3) is 0 Å². The minimum absolute atomic E-state index is 0.0124. The number of nitrogens with one attached hydrogen (secondary N) is 2. The number of anilines is 2. The van der Waals surface area contributed by atoms with E-state index >= 15 is 0 Å². The van der Waals surface area contributed by atoms with Crippen LogP contribution in [0.4, 0.5) is 24.8 Å². The van der Waals surface area contributed by atoms with Crippen molar-refractivity contribution in [3.8, 4) is 16.9 Å². The van der Waals surface area contributed by atoms with Crippen molar-refractivity contribution < 1.29 is 31.1 Å². The number of pyridine rings is 1. The average Bonchev–Trinajstić information content (AvgIpc) is 3.70. The molecule has 1 atom stereocenters. The molecule has 3 aromatic rings. The SMILES string of the molecule is CCC(C(=O)Nc1ccc(-c2cncc(OCC(F)(F)F)c2)cc1)c1ccnc(NS(=O)(=O)C2CC2)n1. The van der Waals surface area contributed by atoms with E-state index in [-0.39, 0.29) is 17.6 Å². The van der Waals surface area contributed by atoms with Gasteiger partial charge in [-0.25, -0.2) is 18.4 Å². The third kappa shape index (κ3) is 7.15. The first-order valence-corrected chi connectivity index (χ1v) is 13.0. The zero-order valence-corrected chi connectivity index (χ0v) is 20.5. The summed E-state index contributed by atoms with van der Waals surface area (Å²) >= 11 is 0. The second-order valence-electron chi connectivity index (χ2n) is 8.49. The van der Waals surface area contributed by atoms with E-state index in [2.05, 4.69) is 25.0 Å². The van der Waals surface area contributed by atoms with Crippen molar-refractivity contribution in [2.24, 2.45) is 0 Å². The fourth-order valence-corrected chi connectivity index (χ4v) is 4.81. The van der Waals surface area contributed by atoms with Crippen LogP contribution in [0.15, 0.2) is 55.0 Å². The largest absolute Gasteiger partial charge is 0.482 e. The average molecular weight is 536 g/mol. The highest BCUT2D eigenvalue weighted by Crippen LogP contribution is 2.30. The molecule has 2 heterocycles. The number of benzene rings is 1. The normalized spacial score (nSPS) is 14.6. The molecular formula is C24H24F3N5O4S. The van der Waals surface area contributed by atoms with E-state index in [0.717, 1.165) is 0 Å². The Morgan fingerprint density at radius 2 is 1.86 bits per heavy atom. The zero-order chi connectivity index (χ0) is 26.6. The molecule has 1 amide bonds. The number of carbonyl (C=O) groups excluding carboxylic acids is 1. The predicted molar refractivity (Wildman–Crippen MR) is 130 cm³/mol. The van der Waals surface area contributed by atoms with E-state index in [1.807, 2.05) is 6.92 Å². The lowest BCUT2D eigenvalue weighted by atomic mass is 10.0. The van der Waals surface area contributed by atoms with E-state index in [1.54, 1.807) is 30.3 Å². The van der Waals surface area contributed by atoms with Crippen LogP contribution < -0.4 is 14.8 Å². The van der Waals surface area contributed by atoms with Gasteiger partial charge >= 0.3 is 6.18 Å². The third-order valence-corrected chi connectivity index (χ3v) is 7.37. The van der Waals surface area contributed by atoms with Gasteiger partial charge in [0.05, 0.1) is 23.1 Å². The Labute approximate surface area is 211 Å². The topological polar surface area (TPSA) is 123 Å². The quantitative estimate of drug-likeness (QED) is 0.391. The van der Waals surface area contributed by atoms with Gasteiger partial charge in [0.2, 0.25) is 21.9 Å². The summed E-state index contributed by atoms with van der Waals surface area (Å²) in [4.78, 5) is 25.1. The van der Waals surface area contributed by atoms with Gasteiger partial charge in [-0.2, -0.15) is 13.2 Å². The highest BCUT2D eigenvalue weighted by molar-refractivity contribution is 7.93.